The summed E-state index contributed by atoms with van der Waals surface area (Å²) in [6, 6.07) is 18.8. The predicted molar refractivity (Wildman–Crippen MR) is 145 cm³/mol. The molecule has 5 nitrogen and oxygen atoms in total. The van der Waals surface area contributed by atoms with Gasteiger partial charge in [-0.05, 0) is 101 Å². The van der Waals surface area contributed by atoms with Gasteiger partial charge in [0.2, 0.25) is 0 Å². The van der Waals surface area contributed by atoms with Gasteiger partial charge in [-0.3, -0.25) is 4.79 Å². The summed E-state index contributed by atoms with van der Waals surface area (Å²) in [7, 11) is 0. The van der Waals surface area contributed by atoms with Crippen LogP contribution in [0.25, 0.3) is 6.08 Å². The van der Waals surface area contributed by atoms with Gasteiger partial charge >= 0.3 is 5.97 Å². The minimum absolute atomic E-state index is 0.0966. The van der Waals surface area contributed by atoms with Gasteiger partial charge in [0.15, 0.2) is 6.61 Å². The highest BCUT2D eigenvalue weighted by atomic mass is 127. The SMILES string of the molecule is O=C(OCC(=O)N1N=C2C(=Cc3ccc(F)cc3)CCCC2C1c1ccc(F)cc1)c1ccccc1I. The van der Waals surface area contributed by atoms with Crippen molar-refractivity contribution in [2.75, 3.05) is 6.61 Å². The number of carbonyl (C=O) groups is 2. The zero-order valence-corrected chi connectivity index (χ0v) is 21.9. The molecule has 37 heavy (non-hydrogen) atoms. The molecule has 1 fully saturated rings. The van der Waals surface area contributed by atoms with Gasteiger partial charge in [0.1, 0.15) is 11.6 Å². The second kappa shape index (κ2) is 10.9. The van der Waals surface area contributed by atoms with E-state index >= 15 is 0 Å². The summed E-state index contributed by atoms with van der Waals surface area (Å²) in [5, 5.41) is 6.10. The second-order valence-electron chi connectivity index (χ2n) is 9.00. The van der Waals surface area contributed by atoms with E-state index in [1.165, 1.54) is 29.3 Å². The number of nitrogens with zero attached hydrogens (tertiary/aromatic N) is 2. The van der Waals surface area contributed by atoms with E-state index in [0.717, 1.165) is 45.2 Å². The van der Waals surface area contributed by atoms with E-state index in [1.54, 1.807) is 42.5 Å². The van der Waals surface area contributed by atoms with Crippen molar-refractivity contribution in [1.82, 2.24) is 5.01 Å². The number of carbonyl (C=O) groups excluding carboxylic acids is 2. The van der Waals surface area contributed by atoms with Crippen molar-refractivity contribution >= 4 is 46.3 Å². The number of allylic oxidation sites excluding steroid dienone is 1. The number of amides is 1. The van der Waals surface area contributed by atoms with Gasteiger partial charge in [0.05, 0.1) is 17.3 Å². The molecule has 1 heterocycles. The van der Waals surface area contributed by atoms with Crippen molar-refractivity contribution in [2.24, 2.45) is 11.0 Å². The summed E-state index contributed by atoms with van der Waals surface area (Å²) in [6.07, 6.45) is 4.43. The average molecular weight is 612 g/mol. The molecule has 2 unspecified atom stereocenters. The molecule has 188 valence electrons. The Hall–Kier alpha value is -3.40. The summed E-state index contributed by atoms with van der Waals surface area (Å²) in [6.45, 7) is -0.470. The molecule has 1 aliphatic heterocycles. The normalized spacial score (nSPS) is 19.9. The monoisotopic (exact) mass is 612 g/mol. The smallest absolute Gasteiger partial charge is 0.339 e. The molecule has 1 aliphatic carbocycles. The van der Waals surface area contributed by atoms with Gasteiger partial charge in [-0.15, -0.1) is 0 Å². The minimum Gasteiger partial charge on any atom is -0.452 e. The number of benzene rings is 3. The van der Waals surface area contributed by atoms with E-state index in [2.05, 4.69) is 0 Å². The molecule has 8 heteroatoms. The van der Waals surface area contributed by atoms with E-state index < -0.39 is 24.5 Å². The summed E-state index contributed by atoms with van der Waals surface area (Å²) in [5.74, 6) is -1.82. The molecule has 5 rings (SSSR count). The number of ether oxygens (including phenoxy) is 1. The Bertz CT molecular complexity index is 1390. The molecule has 0 spiro atoms. The lowest BCUT2D eigenvalue weighted by Gasteiger charge is -2.29. The quantitative estimate of drug-likeness (QED) is 0.243. The number of rotatable bonds is 5. The summed E-state index contributed by atoms with van der Waals surface area (Å²) in [5.41, 5.74) is 3.74. The Labute approximate surface area is 227 Å². The maximum atomic E-state index is 13.7. The summed E-state index contributed by atoms with van der Waals surface area (Å²) < 4.78 is 33.2. The number of esters is 1. The van der Waals surface area contributed by atoms with Crippen LogP contribution in [0.3, 0.4) is 0 Å². The molecule has 3 aromatic rings. The third kappa shape index (κ3) is 5.49. The van der Waals surface area contributed by atoms with Crippen LogP contribution in [0.1, 0.15) is 46.8 Å². The summed E-state index contributed by atoms with van der Waals surface area (Å²) in [4.78, 5) is 26.0. The molecule has 0 N–H and O–H groups in total. The first-order chi connectivity index (χ1) is 17.9. The molecular weight excluding hydrogens is 589 g/mol. The molecule has 0 saturated heterocycles. The van der Waals surface area contributed by atoms with Gasteiger partial charge < -0.3 is 4.74 Å². The standard InChI is InChI=1S/C29H23F2IN2O3/c30-21-12-8-18(9-13-21)16-20-4-3-6-24-27(20)33-34(28(24)19-10-14-22(31)15-11-19)26(35)17-37-29(36)23-5-1-2-7-25(23)32/h1-2,5,7-16,24,28H,3-4,6,17H2. The van der Waals surface area contributed by atoms with Crippen LogP contribution in [0, 0.1) is 21.1 Å². The van der Waals surface area contributed by atoms with E-state index in [9.17, 15) is 18.4 Å². The van der Waals surface area contributed by atoms with E-state index in [-0.39, 0.29) is 17.6 Å². The molecule has 3 aromatic carbocycles. The van der Waals surface area contributed by atoms with E-state index in [0.29, 0.717) is 5.56 Å². The van der Waals surface area contributed by atoms with Crippen LogP contribution in [0.5, 0.6) is 0 Å². The maximum absolute atomic E-state index is 13.7. The first kappa shape index (κ1) is 25.3. The van der Waals surface area contributed by atoms with Crippen molar-refractivity contribution in [3.8, 4) is 0 Å². The Morgan fingerprint density at radius 2 is 1.68 bits per heavy atom. The van der Waals surface area contributed by atoms with Crippen molar-refractivity contribution in [3.63, 3.8) is 0 Å². The number of hydrazone groups is 1. The first-order valence-electron chi connectivity index (χ1n) is 11.9. The van der Waals surface area contributed by atoms with E-state index in [4.69, 9.17) is 9.84 Å². The van der Waals surface area contributed by atoms with Crippen LogP contribution in [-0.4, -0.2) is 29.2 Å². The maximum Gasteiger partial charge on any atom is 0.339 e. The predicted octanol–water partition coefficient (Wildman–Crippen LogP) is 6.55. The lowest BCUT2D eigenvalue weighted by molar-refractivity contribution is -0.137. The molecule has 1 amide bonds. The zero-order valence-electron chi connectivity index (χ0n) is 19.7. The van der Waals surface area contributed by atoms with Crippen LogP contribution in [0.4, 0.5) is 8.78 Å². The van der Waals surface area contributed by atoms with Gasteiger partial charge in [-0.2, -0.15) is 5.10 Å². The van der Waals surface area contributed by atoms with Crippen LogP contribution >= 0.6 is 22.6 Å². The van der Waals surface area contributed by atoms with E-state index in [1.807, 2.05) is 34.7 Å². The van der Waals surface area contributed by atoms with Crippen molar-refractivity contribution in [2.45, 2.75) is 25.3 Å². The third-order valence-corrected chi connectivity index (χ3v) is 7.54. The molecule has 1 saturated carbocycles. The van der Waals surface area contributed by atoms with Crippen molar-refractivity contribution in [1.29, 1.82) is 0 Å². The number of halogens is 3. The highest BCUT2D eigenvalue weighted by molar-refractivity contribution is 14.1. The third-order valence-electron chi connectivity index (χ3n) is 6.60. The fourth-order valence-corrected chi connectivity index (χ4v) is 5.47. The molecule has 2 atom stereocenters. The second-order valence-corrected chi connectivity index (χ2v) is 10.2. The topological polar surface area (TPSA) is 59.0 Å². The number of hydrogen-bond donors (Lipinski definition) is 0. The average Bonchev–Trinajstić information content (AvgIpc) is 3.30. The fraction of sp³-hybridized carbons (Fsp3) is 0.207. The Morgan fingerprint density at radius 1 is 1.00 bits per heavy atom. The van der Waals surface area contributed by atoms with Crippen molar-refractivity contribution in [3.05, 3.63) is 110 Å². The van der Waals surface area contributed by atoms with Crippen LogP contribution in [0.15, 0.2) is 83.5 Å². The first-order valence-corrected chi connectivity index (χ1v) is 13.0. The highest BCUT2D eigenvalue weighted by Gasteiger charge is 2.43. The zero-order chi connectivity index (χ0) is 25.9. The Kier molecular flexibility index (Phi) is 7.45. The molecule has 0 aromatic heterocycles. The summed E-state index contributed by atoms with van der Waals surface area (Å²) >= 11 is 2.04. The fourth-order valence-electron chi connectivity index (χ4n) is 4.86. The molecule has 2 aliphatic rings. The molecule has 0 radical (unpaired) electrons. The highest BCUT2D eigenvalue weighted by Crippen LogP contribution is 2.44. The largest absolute Gasteiger partial charge is 0.452 e. The van der Waals surface area contributed by atoms with Crippen LogP contribution in [-0.2, 0) is 9.53 Å². The van der Waals surface area contributed by atoms with Crippen molar-refractivity contribution < 1.29 is 23.1 Å². The van der Waals surface area contributed by atoms with Gasteiger partial charge in [0.25, 0.3) is 5.91 Å². The van der Waals surface area contributed by atoms with Crippen LogP contribution < -0.4 is 0 Å². The van der Waals surface area contributed by atoms with Crippen LogP contribution in [0.2, 0.25) is 0 Å². The van der Waals surface area contributed by atoms with Gasteiger partial charge in [-0.1, -0.05) is 36.4 Å². The van der Waals surface area contributed by atoms with Gasteiger partial charge in [0, 0.05) is 9.49 Å². The minimum atomic E-state index is -0.585. The number of hydrogen-bond acceptors (Lipinski definition) is 4. The number of fused-ring (bicyclic) bond motifs is 1. The Morgan fingerprint density at radius 3 is 2.38 bits per heavy atom. The Balaban J connectivity index is 1.44. The lowest BCUT2D eigenvalue weighted by Crippen LogP contribution is -2.34. The molecular formula is C29H23F2IN2O3. The molecule has 0 bridgehead atoms. The lowest BCUT2D eigenvalue weighted by atomic mass is 9.77. The van der Waals surface area contributed by atoms with Gasteiger partial charge in [-0.25, -0.2) is 18.6 Å².